The Morgan fingerprint density at radius 3 is 2.69 bits per heavy atom. The Morgan fingerprint density at radius 1 is 1.69 bits per heavy atom. The first kappa shape index (κ1) is 12.0. The maximum Gasteiger partial charge on any atom is 0.352 e. The van der Waals surface area contributed by atoms with Crippen molar-refractivity contribution in [2.24, 2.45) is 10.9 Å². The maximum atomic E-state index is 11.5. The molecular formula is C9H13N5O2. The largest absolute Gasteiger partial charge is 0.462 e. The van der Waals surface area contributed by atoms with Crippen molar-refractivity contribution in [3.05, 3.63) is 11.4 Å². The number of nitrogens with two attached hydrogens (primary N) is 1. The van der Waals surface area contributed by atoms with E-state index in [0.29, 0.717) is 5.84 Å². The van der Waals surface area contributed by atoms with Crippen molar-refractivity contribution in [2.45, 2.75) is 13.8 Å². The predicted molar refractivity (Wildman–Crippen MR) is 56.2 cm³/mol. The van der Waals surface area contributed by atoms with E-state index >= 15 is 0 Å². The molecule has 7 heteroatoms. The van der Waals surface area contributed by atoms with Gasteiger partial charge in [-0.3, -0.25) is 0 Å². The Morgan fingerprint density at radius 2 is 2.31 bits per heavy atom. The summed E-state index contributed by atoms with van der Waals surface area (Å²) < 4.78 is 4.76. The Hall–Kier alpha value is -2.07. The summed E-state index contributed by atoms with van der Waals surface area (Å²) >= 11 is 0. The Balaban J connectivity index is 3.12. The van der Waals surface area contributed by atoms with Crippen molar-refractivity contribution in [2.75, 3.05) is 13.7 Å². The van der Waals surface area contributed by atoms with Crippen LogP contribution in [-0.2, 0) is 9.53 Å². The van der Waals surface area contributed by atoms with Gasteiger partial charge in [0, 0.05) is 7.05 Å². The number of hydrogen-bond donors (Lipinski definition) is 1. The van der Waals surface area contributed by atoms with Gasteiger partial charge in [0.15, 0.2) is 11.4 Å². The van der Waals surface area contributed by atoms with E-state index in [1.807, 2.05) is 0 Å². The highest BCUT2D eigenvalue weighted by Gasteiger charge is 2.29. The van der Waals surface area contributed by atoms with Gasteiger partial charge in [0.05, 0.1) is 6.61 Å². The summed E-state index contributed by atoms with van der Waals surface area (Å²) in [5.74, 6) is 5.68. The summed E-state index contributed by atoms with van der Waals surface area (Å²) in [6, 6.07) is 1.78. The van der Waals surface area contributed by atoms with Gasteiger partial charge in [-0.05, 0) is 13.8 Å². The van der Waals surface area contributed by atoms with Crippen LogP contribution in [0.25, 0.3) is 0 Å². The minimum atomic E-state index is -0.702. The zero-order chi connectivity index (χ0) is 12.3. The van der Waals surface area contributed by atoms with Crippen LogP contribution in [0.15, 0.2) is 16.5 Å². The molecule has 0 amide bonds. The second-order valence-electron chi connectivity index (χ2n) is 3.07. The molecule has 86 valence electrons. The molecule has 0 saturated carbocycles. The summed E-state index contributed by atoms with van der Waals surface area (Å²) in [4.78, 5) is 11.5. The molecule has 0 aromatic carbocycles. The molecule has 0 unspecified atom stereocenters. The lowest BCUT2D eigenvalue weighted by Crippen LogP contribution is -2.35. The molecule has 0 saturated heterocycles. The number of hydrazine groups is 1. The smallest absolute Gasteiger partial charge is 0.352 e. The molecule has 1 rings (SSSR count). The van der Waals surface area contributed by atoms with Gasteiger partial charge in [0.25, 0.3) is 0 Å². The highest BCUT2D eigenvalue weighted by atomic mass is 16.5. The first-order chi connectivity index (χ1) is 7.52. The average Bonchev–Trinajstić information content (AvgIpc) is 2.46. The molecule has 0 aromatic heterocycles. The second-order valence-corrected chi connectivity index (χ2v) is 3.07. The van der Waals surface area contributed by atoms with E-state index in [1.54, 1.807) is 27.0 Å². The van der Waals surface area contributed by atoms with Gasteiger partial charge in [-0.25, -0.2) is 20.7 Å². The first-order valence-corrected chi connectivity index (χ1v) is 4.68. The molecule has 0 radical (unpaired) electrons. The average molecular weight is 223 g/mol. The van der Waals surface area contributed by atoms with Crippen LogP contribution in [0.1, 0.15) is 13.8 Å². The normalized spacial score (nSPS) is 18.1. The summed E-state index contributed by atoms with van der Waals surface area (Å²) in [5.41, 5.74) is -0.160. The molecular weight excluding hydrogens is 210 g/mol. The van der Waals surface area contributed by atoms with Crippen LogP contribution in [0.3, 0.4) is 0 Å². The van der Waals surface area contributed by atoms with Crippen molar-refractivity contribution < 1.29 is 9.53 Å². The minimum Gasteiger partial charge on any atom is -0.462 e. The molecule has 2 N–H and O–H groups in total. The van der Waals surface area contributed by atoms with Crippen LogP contribution < -0.4 is 5.84 Å². The van der Waals surface area contributed by atoms with Gasteiger partial charge in [-0.15, -0.1) is 0 Å². The third kappa shape index (κ3) is 1.97. The number of nitrogens with zero attached hydrogens (tertiary/aromatic N) is 4. The lowest BCUT2D eigenvalue weighted by atomic mass is 10.3. The number of carbonyl (C=O) groups excluding carboxylic acids is 1. The van der Waals surface area contributed by atoms with Crippen LogP contribution in [0, 0.1) is 11.3 Å². The Bertz CT molecular complexity index is 407. The molecule has 0 aliphatic carbocycles. The van der Waals surface area contributed by atoms with E-state index in [0.717, 1.165) is 0 Å². The van der Waals surface area contributed by atoms with Gasteiger partial charge in [-0.2, -0.15) is 10.4 Å². The summed E-state index contributed by atoms with van der Waals surface area (Å²) in [7, 11) is 1.60. The third-order valence-electron chi connectivity index (χ3n) is 1.99. The molecule has 1 heterocycles. The summed E-state index contributed by atoms with van der Waals surface area (Å²) in [6.45, 7) is 3.53. The first-order valence-electron chi connectivity index (χ1n) is 4.68. The van der Waals surface area contributed by atoms with Gasteiger partial charge >= 0.3 is 5.97 Å². The Kier molecular flexibility index (Phi) is 3.48. The van der Waals surface area contributed by atoms with Crippen molar-refractivity contribution in [3.63, 3.8) is 0 Å². The standard InChI is InChI=1S/C9H13N5O2/c1-4-16-9(15)7(5-10)8-13(3)12-6(2)14(8)11/h4,11H2,1-3H3/b8-7+. The van der Waals surface area contributed by atoms with Crippen LogP contribution in [-0.4, -0.2) is 35.5 Å². The van der Waals surface area contributed by atoms with Gasteiger partial charge < -0.3 is 4.74 Å². The Labute approximate surface area is 93.3 Å². The number of rotatable bonds is 2. The number of nitriles is 1. The summed E-state index contributed by atoms with van der Waals surface area (Å²) in [6.07, 6.45) is 0. The lowest BCUT2D eigenvalue weighted by molar-refractivity contribution is -0.138. The second kappa shape index (κ2) is 4.63. The molecule has 0 atom stereocenters. The van der Waals surface area contributed by atoms with E-state index < -0.39 is 5.97 Å². The molecule has 0 fully saturated rings. The van der Waals surface area contributed by atoms with E-state index in [9.17, 15) is 4.79 Å². The highest BCUT2D eigenvalue weighted by Crippen LogP contribution is 2.19. The van der Waals surface area contributed by atoms with E-state index in [2.05, 4.69) is 5.10 Å². The lowest BCUT2D eigenvalue weighted by Gasteiger charge is -2.17. The SMILES string of the molecule is CCOC(=O)/C(C#N)=C1\N(C)N=C(C)N1N. The van der Waals surface area contributed by atoms with Crippen LogP contribution in [0.5, 0.6) is 0 Å². The fraction of sp³-hybridized carbons (Fsp3) is 0.444. The molecule has 0 bridgehead atoms. The fourth-order valence-corrected chi connectivity index (χ4v) is 1.29. The van der Waals surface area contributed by atoms with Crippen LogP contribution >= 0.6 is 0 Å². The molecule has 7 nitrogen and oxygen atoms in total. The number of ether oxygens (including phenoxy) is 1. The van der Waals surface area contributed by atoms with Gasteiger partial charge in [0.1, 0.15) is 11.9 Å². The minimum absolute atomic E-state index is 0.160. The van der Waals surface area contributed by atoms with Crippen molar-refractivity contribution in [1.29, 1.82) is 5.26 Å². The third-order valence-corrected chi connectivity index (χ3v) is 1.99. The zero-order valence-corrected chi connectivity index (χ0v) is 9.39. The van der Waals surface area contributed by atoms with E-state index in [1.165, 1.54) is 10.0 Å². The zero-order valence-electron chi connectivity index (χ0n) is 9.39. The predicted octanol–water partition coefficient (Wildman–Crippen LogP) is -0.261. The van der Waals surface area contributed by atoms with Crippen molar-refractivity contribution in [3.8, 4) is 6.07 Å². The fourth-order valence-electron chi connectivity index (χ4n) is 1.29. The molecule has 1 aliphatic rings. The summed E-state index contributed by atoms with van der Waals surface area (Å²) in [5, 5.41) is 15.5. The van der Waals surface area contributed by atoms with E-state index in [-0.39, 0.29) is 18.0 Å². The quantitative estimate of drug-likeness (QED) is 0.300. The van der Waals surface area contributed by atoms with Crippen molar-refractivity contribution >= 4 is 11.8 Å². The molecule has 1 aliphatic heterocycles. The number of hydrazone groups is 1. The molecule has 0 aromatic rings. The molecule has 16 heavy (non-hydrogen) atoms. The number of amidine groups is 1. The number of esters is 1. The van der Waals surface area contributed by atoms with Crippen LogP contribution in [0.4, 0.5) is 0 Å². The monoisotopic (exact) mass is 223 g/mol. The van der Waals surface area contributed by atoms with Crippen LogP contribution in [0.2, 0.25) is 0 Å². The number of hydrogen-bond acceptors (Lipinski definition) is 7. The van der Waals surface area contributed by atoms with Crippen molar-refractivity contribution in [1.82, 2.24) is 10.0 Å². The van der Waals surface area contributed by atoms with Gasteiger partial charge in [-0.1, -0.05) is 0 Å². The van der Waals surface area contributed by atoms with E-state index in [4.69, 9.17) is 15.8 Å². The van der Waals surface area contributed by atoms with Gasteiger partial charge in [0.2, 0.25) is 0 Å². The highest BCUT2D eigenvalue weighted by molar-refractivity contribution is 5.95. The topological polar surface area (TPSA) is 94.9 Å². The number of carbonyl (C=O) groups is 1. The molecule has 0 spiro atoms. The maximum absolute atomic E-state index is 11.5.